The Morgan fingerprint density at radius 3 is 2.64 bits per heavy atom. The monoisotopic (exact) mass is 213 g/mol. The molecule has 74 valence electrons. The summed E-state index contributed by atoms with van der Waals surface area (Å²) >= 11 is 1.09. The van der Waals surface area contributed by atoms with Crippen molar-refractivity contribution in [2.45, 2.75) is 12.8 Å². The van der Waals surface area contributed by atoms with Crippen molar-refractivity contribution < 1.29 is 8.78 Å². The van der Waals surface area contributed by atoms with Crippen LogP contribution in [0.15, 0.2) is 24.3 Å². The summed E-state index contributed by atoms with van der Waals surface area (Å²) < 4.78 is 26.8. The van der Waals surface area contributed by atoms with Gasteiger partial charge in [0.05, 0.1) is 4.88 Å². The third-order valence-corrected chi connectivity index (χ3v) is 3.30. The molecule has 0 atom stereocenters. The van der Waals surface area contributed by atoms with Crippen LogP contribution in [-0.4, -0.2) is 0 Å². The van der Waals surface area contributed by atoms with E-state index in [0.717, 1.165) is 23.0 Å². The lowest BCUT2D eigenvalue weighted by atomic mass is 10.2. The van der Waals surface area contributed by atoms with Crippen molar-refractivity contribution in [3.8, 4) is 0 Å². The van der Waals surface area contributed by atoms with Gasteiger partial charge in [0.1, 0.15) is 0 Å². The number of nitrogen functional groups attached to an aromatic ring is 1. The number of rotatable bonds is 1. The van der Waals surface area contributed by atoms with Crippen molar-refractivity contribution in [2.24, 2.45) is 0 Å². The van der Waals surface area contributed by atoms with Crippen LogP contribution in [0.1, 0.15) is 11.8 Å². The smallest absolute Gasteiger partial charge is 0.279 e. The molecule has 0 amide bonds. The second-order valence-electron chi connectivity index (χ2n) is 3.26. The highest BCUT2D eigenvalue weighted by atomic mass is 32.1. The highest BCUT2D eigenvalue weighted by Gasteiger charge is 2.26. The van der Waals surface area contributed by atoms with Crippen LogP contribution in [0.4, 0.5) is 14.5 Å². The lowest BCUT2D eigenvalue weighted by Crippen LogP contribution is -2.02. The first-order valence-corrected chi connectivity index (χ1v) is 4.96. The van der Waals surface area contributed by atoms with E-state index >= 15 is 0 Å². The molecular weight excluding hydrogens is 204 g/mol. The molecule has 0 saturated carbocycles. The second kappa shape index (κ2) is 2.92. The van der Waals surface area contributed by atoms with Gasteiger partial charge >= 0.3 is 0 Å². The third kappa shape index (κ3) is 1.46. The Bertz CT molecular complexity index is 470. The van der Waals surface area contributed by atoms with E-state index in [0.29, 0.717) is 11.1 Å². The molecule has 2 rings (SSSR count). The summed E-state index contributed by atoms with van der Waals surface area (Å²) in [5.74, 6) is -2.78. The molecule has 2 aromatic rings. The minimum absolute atomic E-state index is 0.0606. The molecule has 0 bridgehead atoms. The molecule has 1 aromatic carbocycles. The Hall–Kier alpha value is -1.16. The van der Waals surface area contributed by atoms with Crippen molar-refractivity contribution in [3.05, 3.63) is 29.1 Å². The molecule has 2 N–H and O–H groups in total. The summed E-state index contributed by atoms with van der Waals surface area (Å²) in [6.07, 6.45) is 0. The van der Waals surface area contributed by atoms with Gasteiger partial charge in [-0.2, -0.15) is 0 Å². The molecule has 0 radical (unpaired) electrons. The molecule has 1 nitrogen and oxygen atoms in total. The highest BCUT2D eigenvalue weighted by Crippen LogP contribution is 2.38. The van der Waals surface area contributed by atoms with Gasteiger partial charge in [-0.1, -0.05) is 6.07 Å². The molecule has 0 spiro atoms. The fourth-order valence-electron chi connectivity index (χ4n) is 1.30. The summed E-state index contributed by atoms with van der Waals surface area (Å²) in [5.41, 5.74) is 6.22. The van der Waals surface area contributed by atoms with Gasteiger partial charge in [0.2, 0.25) is 0 Å². The van der Waals surface area contributed by atoms with Crippen LogP contribution >= 0.6 is 11.3 Å². The van der Waals surface area contributed by atoms with Gasteiger partial charge < -0.3 is 5.73 Å². The number of alkyl halides is 2. The van der Waals surface area contributed by atoms with Crippen molar-refractivity contribution in [2.75, 3.05) is 5.73 Å². The van der Waals surface area contributed by atoms with Crippen molar-refractivity contribution in [1.82, 2.24) is 0 Å². The number of benzene rings is 1. The normalized spacial score (nSPS) is 12.2. The van der Waals surface area contributed by atoms with Crippen molar-refractivity contribution >= 4 is 27.1 Å². The van der Waals surface area contributed by atoms with E-state index < -0.39 is 5.92 Å². The molecule has 0 aliphatic heterocycles. The number of hydrogen-bond donors (Lipinski definition) is 1. The summed E-state index contributed by atoms with van der Waals surface area (Å²) in [5, 5.41) is 0.717. The number of nitrogens with two attached hydrogens (primary N) is 1. The molecule has 0 saturated heterocycles. The van der Waals surface area contributed by atoms with Gasteiger partial charge in [0.25, 0.3) is 5.92 Å². The second-order valence-corrected chi connectivity index (χ2v) is 4.34. The first kappa shape index (κ1) is 9.40. The van der Waals surface area contributed by atoms with Crippen LogP contribution < -0.4 is 5.73 Å². The molecule has 4 heteroatoms. The Balaban J connectivity index is 2.69. The van der Waals surface area contributed by atoms with Gasteiger partial charge in [-0.15, -0.1) is 11.3 Å². The Kier molecular flexibility index (Phi) is 1.96. The van der Waals surface area contributed by atoms with Crippen LogP contribution in [0, 0.1) is 0 Å². The molecule has 0 unspecified atom stereocenters. The van der Waals surface area contributed by atoms with E-state index in [1.165, 1.54) is 6.07 Å². The van der Waals surface area contributed by atoms with E-state index in [-0.39, 0.29) is 4.88 Å². The molecular formula is C10H9F2NS. The van der Waals surface area contributed by atoms with Crippen LogP contribution in [0.2, 0.25) is 0 Å². The number of halogens is 2. The zero-order valence-electron chi connectivity index (χ0n) is 7.55. The zero-order valence-corrected chi connectivity index (χ0v) is 8.37. The predicted molar refractivity (Wildman–Crippen MR) is 55.8 cm³/mol. The molecule has 0 aliphatic carbocycles. The zero-order chi connectivity index (χ0) is 10.3. The quantitative estimate of drug-likeness (QED) is 0.720. The fraction of sp³-hybridized carbons (Fsp3) is 0.200. The predicted octanol–water partition coefficient (Wildman–Crippen LogP) is 3.60. The van der Waals surface area contributed by atoms with E-state index in [4.69, 9.17) is 5.73 Å². The van der Waals surface area contributed by atoms with E-state index in [9.17, 15) is 8.78 Å². The standard InChI is InChI=1S/C10H9F2NS/c1-10(11,12)9-5-6-7(13)3-2-4-8(6)14-9/h2-5H,13H2,1H3. The number of anilines is 1. The van der Waals surface area contributed by atoms with Crippen molar-refractivity contribution in [1.29, 1.82) is 0 Å². The molecule has 0 aliphatic rings. The summed E-state index contributed by atoms with van der Waals surface area (Å²) in [6.45, 7) is 0.897. The Labute approximate surface area is 84.2 Å². The molecule has 1 heterocycles. The summed E-state index contributed by atoms with van der Waals surface area (Å²) in [4.78, 5) is 0.0606. The fourth-order valence-corrected chi connectivity index (χ4v) is 2.33. The van der Waals surface area contributed by atoms with Crippen LogP contribution in [-0.2, 0) is 5.92 Å². The van der Waals surface area contributed by atoms with Gasteiger partial charge in [-0.3, -0.25) is 0 Å². The van der Waals surface area contributed by atoms with E-state index in [2.05, 4.69) is 0 Å². The minimum atomic E-state index is -2.78. The van der Waals surface area contributed by atoms with E-state index in [1.807, 2.05) is 0 Å². The number of fused-ring (bicyclic) bond motifs is 1. The van der Waals surface area contributed by atoms with Crippen LogP contribution in [0.3, 0.4) is 0 Å². The number of thiophene rings is 1. The topological polar surface area (TPSA) is 26.0 Å². The maximum Gasteiger partial charge on any atom is 0.279 e. The average molecular weight is 213 g/mol. The van der Waals surface area contributed by atoms with Gasteiger partial charge in [-0.05, 0) is 18.2 Å². The summed E-state index contributed by atoms with van der Waals surface area (Å²) in [6, 6.07) is 6.75. The van der Waals surface area contributed by atoms with Gasteiger partial charge in [0, 0.05) is 22.7 Å². The SMILES string of the molecule is CC(F)(F)c1cc2c(N)cccc2s1. The Morgan fingerprint density at radius 2 is 2.07 bits per heavy atom. The molecule has 14 heavy (non-hydrogen) atoms. The van der Waals surface area contributed by atoms with Crippen molar-refractivity contribution in [3.63, 3.8) is 0 Å². The highest BCUT2D eigenvalue weighted by molar-refractivity contribution is 7.19. The first-order chi connectivity index (χ1) is 6.48. The van der Waals surface area contributed by atoms with Crippen LogP contribution in [0.25, 0.3) is 10.1 Å². The largest absolute Gasteiger partial charge is 0.398 e. The van der Waals surface area contributed by atoms with E-state index in [1.54, 1.807) is 18.2 Å². The van der Waals surface area contributed by atoms with Crippen LogP contribution in [0.5, 0.6) is 0 Å². The Morgan fingerprint density at radius 1 is 1.36 bits per heavy atom. The average Bonchev–Trinajstić information content (AvgIpc) is 2.48. The first-order valence-electron chi connectivity index (χ1n) is 4.15. The summed E-state index contributed by atoms with van der Waals surface area (Å²) in [7, 11) is 0. The molecule has 0 fully saturated rings. The minimum Gasteiger partial charge on any atom is -0.398 e. The van der Waals surface area contributed by atoms with Gasteiger partial charge in [-0.25, -0.2) is 8.78 Å². The lowest BCUT2D eigenvalue weighted by molar-refractivity contribution is 0.0216. The maximum absolute atomic E-state index is 13.0. The number of hydrogen-bond acceptors (Lipinski definition) is 2. The molecule has 1 aromatic heterocycles. The van der Waals surface area contributed by atoms with Gasteiger partial charge in [0.15, 0.2) is 0 Å². The third-order valence-electron chi connectivity index (χ3n) is 2.03. The lowest BCUT2D eigenvalue weighted by Gasteiger charge is -2.04. The maximum atomic E-state index is 13.0.